The summed E-state index contributed by atoms with van der Waals surface area (Å²) < 4.78 is 0. The van der Waals surface area contributed by atoms with Crippen molar-refractivity contribution in [1.82, 2.24) is 9.97 Å². The smallest absolute Gasteiger partial charge is 0.191 e. The summed E-state index contributed by atoms with van der Waals surface area (Å²) in [4.78, 5) is 10.5. The zero-order valence-corrected chi connectivity index (χ0v) is 12.0. The van der Waals surface area contributed by atoms with Crippen molar-refractivity contribution in [1.29, 1.82) is 5.26 Å². The number of hydrazine groups is 1. The van der Waals surface area contributed by atoms with E-state index in [0.717, 1.165) is 5.69 Å². The average Bonchev–Trinajstić information content (AvgIpc) is 2.53. The summed E-state index contributed by atoms with van der Waals surface area (Å²) in [6.07, 6.45) is 1.90. The fraction of sp³-hybridized carbons (Fsp3) is 0.154. The van der Waals surface area contributed by atoms with Gasteiger partial charge in [0.2, 0.25) is 0 Å². The normalized spacial score (nSPS) is 9.90. The van der Waals surface area contributed by atoms with E-state index in [9.17, 15) is 0 Å². The number of hydrogen-bond donors (Lipinski definition) is 2. The van der Waals surface area contributed by atoms with Gasteiger partial charge in [-0.25, -0.2) is 15.8 Å². The van der Waals surface area contributed by atoms with E-state index in [2.05, 4.69) is 21.5 Å². The number of nitrogens with one attached hydrogen (secondary N) is 1. The Kier molecular flexibility index (Phi) is 4.40. The van der Waals surface area contributed by atoms with Crippen LogP contribution in [0.5, 0.6) is 0 Å². The number of thioether (sulfide) groups is 1. The molecule has 6 nitrogen and oxygen atoms in total. The molecule has 0 aliphatic rings. The lowest BCUT2D eigenvalue weighted by molar-refractivity contribution is 0.943. The van der Waals surface area contributed by atoms with Gasteiger partial charge < -0.3 is 10.3 Å². The number of nitrogens with two attached hydrogens (primary N) is 1. The third-order valence-electron chi connectivity index (χ3n) is 2.73. The summed E-state index contributed by atoms with van der Waals surface area (Å²) in [5, 5.41) is 9.58. The van der Waals surface area contributed by atoms with Gasteiger partial charge in [-0.1, -0.05) is 17.8 Å². The molecule has 0 unspecified atom stereocenters. The van der Waals surface area contributed by atoms with Crippen LogP contribution in [-0.4, -0.2) is 23.3 Å². The molecular formula is C13H14N6S. The minimum Gasteiger partial charge on any atom is -0.329 e. The standard InChI is InChI=1S/C13H14N6S/c1-19(10-5-3-4-9(6-10)8-14)12-7-11(18-15)16-13(17-12)20-2/h3-7H,15H2,1-2H3,(H,16,17,18). The first kappa shape index (κ1) is 14.1. The summed E-state index contributed by atoms with van der Waals surface area (Å²) in [6, 6.07) is 11.2. The van der Waals surface area contributed by atoms with Gasteiger partial charge in [0.15, 0.2) is 5.16 Å². The number of nitrogens with zero attached hydrogens (tertiary/aromatic N) is 4. The molecule has 0 amide bonds. The zero-order chi connectivity index (χ0) is 14.5. The van der Waals surface area contributed by atoms with Crippen LogP contribution in [0.15, 0.2) is 35.5 Å². The lowest BCUT2D eigenvalue weighted by Gasteiger charge is -2.19. The largest absolute Gasteiger partial charge is 0.329 e. The van der Waals surface area contributed by atoms with Crippen LogP contribution in [0, 0.1) is 11.3 Å². The highest BCUT2D eigenvalue weighted by molar-refractivity contribution is 7.98. The summed E-state index contributed by atoms with van der Waals surface area (Å²) >= 11 is 1.44. The molecule has 0 fully saturated rings. The van der Waals surface area contributed by atoms with Crippen molar-refractivity contribution in [3.05, 3.63) is 35.9 Å². The molecule has 0 atom stereocenters. The van der Waals surface area contributed by atoms with Gasteiger partial charge in [0.05, 0.1) is 11.6 Å². The third-order valence-corrected chi connectivity index (χ3v) is 3.28. The first-order valence-electron chi connectivity index (χ1n) is 5.81. The molecule has 0 saturated heterocycles. The molecule has 1 heterocycles. The van der Waals surface area contributed by atoms with Crippen LogP contribution < -0.4 is 16.2 Å². The number of aromatic nitrogens is 2. The summed E-state index contributed by atoms with van der Waals surface area (Å²) in [7, 11) is 1.88. The SMILES string of the molecule is CSc1nc(NN)cc(N(C)c2cccc(C#N)c2)n1. The van der Waals surface area contributed by atoms with Crippen LogP contribution in [0.3, 0.4) is 0 Å². The summed E-state index contributed by atoms with van der Waals surface area (Å²) in [6.45, 7) is 0. The van der Waals surface area contributed by atoms with Gasteiger partial charge in [0.1, 0.15) is 11.6 Å². The lowest BCUT2D eigenvalue weighted by atomic mass is 10.2. The Morgan fingerprint density at radius 2 is 2.15 bits per heavy atom. The fourth-order valence-corrected chi connectivity index (χ4v) is 2.04. The number of nitrogen functional groups attached to an aromatic ring is 1. The van der Waals surface area contributed by atoms with Crippen molar-refractivity contribution in [2.75, 3.05) is 23.6 Å². The maximum atomic E-state index is 8.95. The Balaban J connectivity index is 2.41. The Labute approximate surface area is 121 Å². The van der Waals surface area contributed by atoms with Crippen molar-refractivity contribution in [2.24, 2.45) is 5.84 Å². The van der Waals surface area contributed by atoms with Crippen LogP contribution in [-0.2, 0) is 0 Å². The molecular weight excluding hydrogens is 272 g/mol. The number of nitriles is 1. The van der Waals surface area contributed by atoms with Gasteiger partial charge in [-0.3, -0.25) is 0 Å². The molecule has 0 radical (unpaired) electrons. The Morgan fingerprint density at radius 3 is 2.80 bits per heavy atom. The Morgan fingerprint density at radius 1 is 1.35 bits per heavy atom. The molecule has 2 rings (SSSR count). The average molecular weight is 286 g/mol. The highest BCUT2D eigenvalue weighted by Gasteiger charge is 2.10. The van der Waals surface area contributed by atoms with Gasteiger partial charge in [0, 0.05) is 18.8 Å². The van der Waals surface area contributed by atoms with Crippen LogP contribution in [0.2, 0.25) is 0 Å². The van der Waals surface area contributed by atoms with E-state index in [1.165, 1.54) is 11.8 Å². The van der Waals surface area contributed by atoms with E-state index in [1.54, 1.807) is 18.2 Å². The summed E-state index contributed by atoms with van der Waals surface area (Å²) in [5.74, 6) is 6.66. The highest BCUT2D eigenvalue weighted by atomic mass is 32.2. The molecule has 3 N–H and O–H groups in total. The molecule has 0 saturated carbocycles. The molecule has 102 valence electrons. The minimum absolute atomic E-state index is 0.544. The van der Waals surface area contributed by atoms with Gasteiger partial charge in [-0.05, 0) is 24.5 Å². The quantitative estimate of drug-likeness (QED) is 0.385. The predicted molar refractivity (Wildman–Crippen MR) is 80.8 cm³/mol. The Hall–Kier alpha value is -2.30. The molecule has 1 aromatic carbocycles. The van der Waals surface area contributed by atoms with Gasteiger partial charge >= 0.3 is 0 Å². The maximum absolute atomic E-state index is 8.95. The highest BCUT2D eigenvalue weighted by Crippen LogP contribution is 2.25. The molecule has 20 heavy (non-hydrogen) atoms. The predicted octanol–water partition coefficient (Wildman–Crippen LogP) is 2.12. The van der Waals surface area contributed by atoms with Crippen molar-refractivity contribution < 1.29 is 0 Å². The van der Waals surface area contributed by atoms with Gasteiger partial charge in [0.25, 0.3) is 0 Å². The molecule has 2 aromatic rings. The van der Waals surface area contributed by atoms with E-state index in [4.69, 9.17) is 11.1 Å². The number of rotatable bonds is 4. The molecule has 0 aliphatic heterocycles. The van der Waals surface area contributed by atoms with Crippen LogP contribution in [0.4, 0.5) is 17.3 Å². The molecule has 0 aliphatic carbocycles. The van der Waals surface area contributed by atoms with Gasteiger partial charge in [-0.15, -0.1) is 0 Å². The van der Waals surface area contributed by atoms with Crippen molar-refractivity contribution in [3.63, 3.8) is 0 Å². The number of anilines is 3. The van der Waals surface area contributed by atoms with Crippen LogP contribution in [0.1, 0.15) is 5.56 Å². The minimum atomic E-state index is 0.544. The second kappa shape index (κ2) is 6.23. The molecule has 1 aromatic heterocycles. The third kappa shape index (κ3) is 2.99. The molecule has 7 heteroatoms. The van der Waals surface area contributed by atoms with E-state index >= 15 is 0 Å². The van der Waals surface area contributed by atoms with E-state index in [1.807, 2.05) is 30.3 Å². The second-order valence-electron chi connectivity index (χ2n) is 3.96. The maximum Gasteiger partial charge on any atom is 0.191 e. The fourth-order valence-electron chi connectivity index (χ4n) is 1.67. The lowest BCUT2D eigenvalue weighted by Crippen LogP contribution is -2.15. The van der Waals surface area contributed by atoms with Crippen LogP contribution in [0.25, 0.3) is 0 Å². The molecule has 0 bridgehead atoms. The summed E-state index contributed by atoms with van der Waals surface area (Å²) in [5.41, 5.74) is 4.00. The van der Waals surface area contributed by atoms with Crippen molar-refractivity contribution in [3.8, 4) is 6.07 Å². The number of benzene rings is 1. The first-order valence-corrected chi connectivity index (χ1v) is 7.04. The van der Waals surface area contributed by atoms with E-state index < -0.39 is 0 Å². The zero-order valence-electron chi connectivity index (χ0n) is 11.2. The van der Waals surface area contributed by atoms with E-state index in [-0.39, 0.29) is 0 Å². The van der Waals surface area contributed by atoms with Gasteiger partial charge in [-0.2, -0.15) is 5.26 Å². The van der Waals surface area contributed by atoms with Crippen LogP contribution >= 0.6 is 11.8 Å². The number of hydrogen-bond acceptors (Lipinski definition) is 7. The topological polar surface area (TPSA) is 90.9 Å². The monoisotopic (exact) mass is 286 g/mol. The first-order chi connectivity index (χ1) is 9.67. The Bertz CT molecular complexity index is 629. The van der Waals surface area contributed by atoms with Crippen molar-refractivity contribution in [2.45, 2.75) is 5.16 Å². The second-order valence-corrected chi connectivity index (χ2v) is 4.74. The van der Waals surface area contributed by atoms with Crippen molar-refractivity contribution >= 4 is 29.1 Å². The van der Waals surface area contributed by atoms with E-state index in [0.29, 0.717) is 22.4 Å². The molecule has 0 spiro atoms.